The van der Waals surface area contributed by atoms with Crippen molar-refractivity contribution in [3.8, 4) is 0 Å². The summed E-state index contributed by atoms with van der Waals surface area (Å²) in [7, 11) is -2.90. The number of hydrogen-bond donors (Lipinski definition) is 2. The first kappa shape index (κ1) is 38.5. The molecular formula is C40H48F2N6O4SSi. The average Bonchev–Trinajstić information content (AvgIpc) is 3.61. The van der Waals surface area contributed by atoms with Crippen LogP contribution in [0, 0.1) is 11.6 Å². The van der Waals surface area contributed by atoms with E-state index >= 15 is 0 Å². The smallest absolute Gasteiger partial charge is 0.261 e. The van der Waals surface area contributed by atoms with E-state index in [-0.39, 0.29) is 42.4 Å². The molecule has 2 fully saturated rings. The molecule has 286 valence electrons. The average molecular weight is 775 g/mol. The second-order valence-corrected chi connectivity index (χ2v) is 20.4. The van der Waals surface area contributed by atoms with Crippen LogP contribution in [0.3, 0.4) is 0 Å². The molecule has 3 aromatic carbocycles. The molecule has 2 aliphatic rings. The Morgan fingerprint density at radius 1 is 0.963 bits per heavy atom. The first-order valence-corrected chi connectivity index (χ1v) is 21.6. The van der Waals surface area contributed by atoms with Crippen molar-refractivity contribution in [2.75, 3.05) is 37.5 Å². The zero-order valence-electron chi connectivity index (χ0n) is 31.1. The van der Waals surface area contributed by atoms with Crippen LogP contribution in [0.25, 0.3) is 11.2 Å². The zero-order valence-corrected chi connectivity index (χ0v) is 32.9. The van der Waals surface area contributed by atoms with Crippen molar-refractivity contribution in [3.05, 3.63) is 96.1 Å². The molecule has 10 nitrogen and oxygen atoms in total. The molecule has 1 aliphatic carbocycles. The first-order valence-electron chi connectivity index (χ1n) is 18.7. The minimum absolute atomic E-state index is 0.0119. The van der Waals surface area contributed by atoms with Gasteiger partial charge in [0.05, 0.1) is 38.6 Å². The molecule has 5 atom stereocenters. The van der Waals surface area contributed by atoms with Crippen LogP contribution in [-0.2, 0) is 13.9 Å². The summed E-state index contributed by atoms with van der Waals surface area (Å²) in [4.78, 5) is 9.85. The molecule has 0 spiro atoms. The number of nitrogens with one attached hydrogen (secondary N) is 1. The summed E-state index contributed by atoms with van der Waals surface area (Å²) in [6, 6.07) is 24.8. The fraction of sp³-hybridized carbons (Fsp3) is 0.450. The largest absolute Gasteiger partial charge is 0.405 e. The molecule has 5 aromatic rings. The number of anilines is 1. The molecule has 0 bridgehead atoms. The van der Waals surface area contributed by atoms with E-state index in [1.54, 1.807) is 17.8 Å². The van der Waals surface area contributed by atoms with Gasteiger partial charge in [-0.25, -0.2) is 23.4 Å². The predicted molar refractivity (Wildman–Crippen MR) is 209 cm³/mol. The molecule has 3 heterocycles. The summed E-state index contributed by atoms with van der Waals surface area (Å²) in [6.45, 7) is 9.60. The van der Waals surface area contributed by atoms with E-state index < -0.39 is 26.1 Å². The lowest BCUT2D eigenvalue weighted by molar-refractivity contribution is -0.0387. The lowest BCUT2D eigenvalue weighted by Gasteiger charge is -2.43. The number of benzene rings is 3. The van der Waals surface area contributed by atoms with Crippen molar-refractivity contribution in [1.82, 2.24) is 25.0 Å². The maximum Gasteiger partial charge on any atom is 0.261 e. The third-order valence-corrected chi connectivity index (χ3v) is 16.3. The summed E-state index contributed by atoms with van der Waals surface area (Å²) in [5.74, 6) is -0.307. The van der Waals surface area contributed by atoms with Crippen LogP contribution in [0.15, 0.2) is 84.0 Å². The molecule has 14 heteroatoms. The predicted octanol–water partition coefficient (Wildman–Crippen LogP) is 6.25. The third-order valence-electron chi connectivity index (χ3n) is 10.3. The van der Waals surface area contributed by atoms with Gasteiger partial charge in [-0.3, -0.25) is 0 Å². The van der Waals surface area contributed by atoms with Gasteiger partial charge >= 0.3 is 0 Å². The number of halogens is 2. The topological polar surface area (TPSA) is 116 Å². The number of rotatable bonds is 16. The van der Waals surface area contributed by atoms with Crippen LogP contribution in [0.1, 0.15) is 64.5 Å². The van der Waals surface area contributed by atoms with E-state index in [9.17, 15) is 13.9 Å². The molecule has 1 saturated heterocycles. The Bertz CT molecular complexity index is 1980. The molecule has 2 N–H and O–H groups in total. The third kappa shape index (κ3) is 7.96. The number of aliphatic hydroxyl groups is 1. The number of thioether (sulfide) groups is 1. The van der Waals surface area contributed by atoms with Crippen molar-refractivity contribution in [2.24, 2.45) is 0 Å². The summed E-state index contributed by atoms with van der Waals surface area (Å²) in [6.07, 6.45) is 1.57. The Kier molecular flexibility index (Phi) is 11.8. The summed E-state index contributed by atoms with van der Waals surface area (Å²) < 4.78 is 49.5. The van der Waals surface area contributed by atoms with Crippen LogP contribution in [0.2, 0.25) is 5.04 Å². The summed E-state index contributed by atoms with van der Waals surface area (Å²) in [5.41, 5.74) is 1.85. The van der Waals surface area contributed by atoms with E-state index in [1.165, 1.54) is 22.5 Å². The van der Waals surface area contributed by atoms with E-state index in [0.717, 1.165) is 24.2 Å². The Labute approximate surface area is 320 Å². The molecule has 0 radical (unpaired) electrons. The van der Waals surface area contributed by atoms with Crippen molar-refractivity contribution in [2.45, 2.75) is 87.4 Å². The second kappa shape index (κ2) is 16.5. The minimum Gasteiger partial charge on any atom is -0.405 e. The van der Waals surface area contributed by atoms with Crippen molar-refractivity contribution in [1.29, 1.82) is 0 Å². The summed E-state index contributed by atoms with van der Waals surface area (Å²) in [5, 5.41) is 25.0. The van der Waals surface area contributed by atoms with Gasteiger partial charge < -0.3 is 24.3 Å². The first-order chi connectivity index (χ1) is 26.1. The lowest BCUT2D eigenvalue weighted by Crippen LogP contribution is -2.67. The summed E-state index contributed by atoms with van der Waals surface area (Å²) >= 11 is 1.56. The maximum absolute atomic E-state index is 14.1. The number of fused-ring (bicyclic) bond motifs is 1. The van der Waals surface area contributed by atoms with E-state index in [4.69, 9.17) is 29.1 Å². The van der Waals surface area contributed by atoms with Gasteiger partial charge in [0.15, 0.2) is 33.8 Å². The van der Waals surface area contributed by atoms with Gasteiger partial charge in [0.25, 0.3) is 8.32 Å². The van der Waals surface area contributed by atoms with Gasteiger partial charge in [-0.05, 0) is 45.9 Å². The Morgan fingerprint density at radius 3 is 2.33 bits per heavy atom. The standard InChI is InChI=1S/C40H48F2N6O4SSi/c1-5-20-53-39-44-37(43-33-23-30(33)26-16-17-31(41)32(42)21-26)36-38(45-39)48(47-46-36)34-22-27(24-50-19-18-49)52-35(34)25-51-54(40(2,3)4,28-12-8-6-9-13-28)29-14-10-7-11-15-29/h6-17,21,27,30,33-35,49H,5,18-20,22-25H2,1-4H3,(H,43,44,45)/t27-,30+,33-,34-,35+/m1/s1. The van der Waals surface area contributed by atoms with Crippen LogP contribution in [-0.4, -0.2) is 88.8 Å². The van der Waals surface area contributed by atoms with Gasteiger partial charge in [0.1, 0.15) is 6.10 Å². The minimum atomic E-state index is -2.90. The monoisotopic (exact) mass is 774 g/mol. The molecular weight excluding hydrogens is 727 g/mol. The van der Waals surface area contributed by atoms with Crippen LogP contribution < -0.4 is 15.7 Å². The lowest BCUT2D eigenvalue weighted by atomic mass is 10.1. The number of nitrogens with zero attached hydrogens (tertiary/aromatic N) is 5. The molecule has 7 rings (SSSR count). The highest BCUT2D eigenvalue weighted by molar-refractivity contribution is 7.99. The Balaban J connectivity index is 1.23. The van der Waals surface area contributed by atoms with Crippen molar-refractivity contribution in [3.63, 3.8) is 0 Å². The fourth-order valence-electron chi connectivity index (χ4n) is 7.61. The highest BCUT2D eigenvalue weighted by Gasteiger charge is 2.51. The molecule has 1 aliphatic heterocycles. The number of ether oxygens (including phenoxy) is 2. The number of hydrogen-bond acceptors (Lipinski definition) is 10. The van der Waals surface area contributed by atoms with Crippen molar-refractivity contribution >= 4 is 47.4 Å². The molecule has 54 heavy (non-hydrogen) atoms. The van der Waals surface area contributed by atoms with Gasteiger partial charge in [-0.15, -0.1) is 5.10 Å². The van der Waals surface area contributed by atoms with Crippen LogP contribution in [0.4, 0.5) is 14.6 Å². The quantitative estimate of drug-likeness (QED) is 0.0516. The molecule has 2 aromatic heterocycles. The normalized spacial score (nSPS) is 21.5. The fourth-order valence-corrected chi connectivity index (χ4v) is 12.9. The van der Waals surface area contributed by atoms with Gasteiger partial charge in [-0.1, -0.05) is 111 Å². The van der Waals surface area contributed by atoms with E-state index in [1.807, 2.05) is 16.8 Å². The molecule has 0 unspecified atom stereocenters. The van der Waals surface area contributed by atoms with Crippen LogP contribution in [0.5, 0.6) is 0 Å². The SMILES string of the molecule is CCCSc1nc(N[C@@H]2C[C@H]2c2ccc(F)c(F)c2)c2nnn([C@@H]3C[C@H](COCCO)O[C@H]3CO[Si](c3ccccc3)(c3ccccc3)C(C)(C)C)c2n1. The van der Waals surface area contributed by atoms with Gasteiger partial charge in [0.2, 0.25) is 0 Å². The highest BCUT2D eigenvalue weighted by Crippen LogP contribution is 2.44. The maximum atomic E-state index is 14.1. The number of aliphatic hydroxyl groups excluding tert-OH is 1. The highest BCUT2D eigenvalue weighted by atomic mass is 32.2. The van der Waals surface area contributed by atoms with Gasteiger partial charge in [-0.2, -0.15) is 0 Å². The zero-order chi connectivity index (χ0) is 37.9. The van der Waals surface area contributed by atoms with E-state index in [2.05, 4.69) is 86.6 Å². The molecule has 0 amide bonds. The van der Waals surface area contributed by atoms with Gasteiger partial charge in [0, 0.05) is 24.1 Å². The second-order valence-electron chi connectivity index (χ2n) is 15.0. The Hall–Kier alpha value is -3.79. The number of aromatic nitrogens is 5. The van der Waals surface area contributed by atoms with Crippen LogP contribution >= 0.6 is 11.8 Å². The van der Waals surface area contributed by atoms with E-state index in [0.29, 0.717) is 41.8 Å². The molecule has 1 saturated carbocycles. The van der Waals surface area contributed by atoms with Crippen molar-refractivity contribution < 1.29 is 27.8 Å². The Morgan fingerprint density at radius 2 is 1.69 bits per heavy atom.